The van der Waals surface area contributed by atoms with Crippen molar-refractivity contribution in [1.29, 1.82) is 0 Å². The minimum atomic E-state index is -0.110. The number of anilines is 1. The van der Waals surface area contributed by atoms with E-state index in [1.807, 2.05) is 36.4 Å². The van der Waals surface area contributed by atoms with Crippen molar-refractivity contribution in [3.05, 3.63) is 59.1 Å². The average molecular weight is 276 g/mol. The summed E-state index contributed by atoms with van der Waals surface area (Å²) in [5, 5.41) is 3.42. The van der Waals surface area contributed by atoms with Crippen LogP contribution in [0.25, 0.3) is 0 Å². The fourth-order valence-electron chi connectivity index (χ4n) is 1.72. The number of ether oxygens (including phenoxy) is 1. The Morgan fingerprint density at radius 1 is 1.21 bits per heavy atom. The lowest BCUT2D eigenvalue weighted by Crippen LogP contribution is -2.14. The Morgan fingerprint density at radius 3 is 2.74 bits per heavy atom. The number of nitrogens with one attached hydrogen (secondary N) is 1. The molecule has 0 aromatic heterocycles. The first-order valence-electron chi connectivity index (χ1n) is 5.86. The highest BCUT2D eigenvalue weighted by molar-refractivity contribution is 6.31. The number of carbonyl (C=O) groups is 1. The van der Waals surface area contributed by atoms with E-state index in [4.69, 9.17) is 16.3 Å². The number of benzene rings is 2. The molecule has 3 nitrogen and oxygen atoms in total. The number of halogens is 1. The van der Waals surface area contributed by atoms with Crippen LogP contribution in [-0.4, -0.2) is 13.0 Å². The third-order valence-corrected chi connectivity index (χ3v) is 3.03. The van der Waals surface area contributed by atoms with Crippen LogP contribution >= 0.6 is 11.6 Å². The van der Waals surface area contributed by atoms with Crippen LogP contribution in [0.1, 0.15) is 5.56 Å². The Labute approximate surface area is 117 Å². The number of methoxy groups -OCH3 is 1. The fourth-order valence-corrected chi connectivity index (χ4v) is 1.92. The lowest BCUT2D eigenvalue weighted by molar-refractivity contribution is -0.115. The smallest absolute Gasteiger partial charge is 0.228 e. The topological polar surface area (TPSA) is 38.3 Å². The third kappa shape index (κ3) is 3.73. The van der Waals surface area contributed by atoms with Crippen molar-refractivity contribution in [2.45, 2.75) is 6.42 Å². The number of carbonyl (C=O) groups excluding carboxylic acids is 1. The summed E-state index contributed by atoms with van der Waals surface area (Å²) in [6, 6.07) is 14.5. The third-order valence-electron chi connectivity index (χ3n) is 2.66. The molecule has 0 radical (unpaired) electrons. The molecule has 0 aliphatic carbocycles. The minimum absolute atomic E-state index is 0.110. The van der Waals surface area contributed by atoms with Gasteiger partial charge in [-0.1, -0.05) is 35.9 Å². The van der Waals surface area contributed by atoms with E-state index in [9.17, 15) is 4.79 Å². The predicted octanol–water partition coefficient (Wildman–Crippen LogP) is 3.53. The molecule has 0 atom stereocenters. The van der Waals surface area contributed by atoms with Gasteiger partial charge in [0.1, 0.15) is 5.75 Å². The number of rotatable bonds is 4. The summed E-state index contributed by atoms with van der Waals surface area (Å²) < 4.78 is 5.10. The summed E-state index contributed by atoms with van der Waals surface area (Å²) in [5.41, 5.74) is 1.51. The molecule has 19 heavy (non-hydrogen) atoms. The number of hydrogen-bond donors (Lipinski definition) is 1. The lowest BCUT2D eigenvalue weighted by Gasteiger charge is -2.07. The zero-order chi connectivity index (χ0) is 13.7. The van der Waals surface area contributed by atoms with Crippen molar-refractivity contribution < 1.29 is 9.53 Å². The predicted molar refractivity (Wildman–Crippen MR) is 76.8 cm³/mol. The molecule has 4 heteroatoms. The largest absolute Gasteiger partial charge is 0.497 e. The first-order valence-corrected chi connectivity index (χ1v) is 6.24. The highest BCUT2D eigenvalue weighted by atomic mass is 35.5. The van der Waals surface area contributed by atoms with Crippen molar-refractivity contribution in [3.63, 3.8) is 0 Å². The van der Waals surface area contributed by atoms with Gasteiger partial charge in [-0.25, -0.2) is 0 Å². The molecule has 0 bridgehead atoms. The molecule has 1 N–H and O–H groups in total. The molecule has 2 rings (SSSR count). The van der Waals surface area contributed by atoms with Gasteiger partial charge in [-0.15, -0.1) is 0 Å². The molecule has 0 fully saturated rings. The van der Waals surface area contributed by atoms with Crippen LogP contribution in [0, 0.1) is 0 Å². The first-order chi connectivity index (χ1) is 9.19. The van der Waals surface area contributed by atoms with E-state index in [0.717, 1.165) is 5.56 Å². The molecule has 0 spiro atoms. The van der Waals surface area contributed by atoms with E-state index in [1.165, 1.54) is 0 Å². The second-order valence-corrected chi connectivity index (χ2v) is 4.46. The monoisotopic (exact) mass is 275 g/mol. The van der Waals surface area contributed by atoms with E-state index in [0.29, 0.717) is 16.5 Å². The summed E-state index contributed by atoms with van der Waals surface area (Å²) in [4.78, 5) is 11.9. The van der Waals surface area contributed by atoms with Gasteiger partial charge in [0.2, 0.25) is 5.91 Å². The van der Waals surface area contributed by atoms with Crippen LogP contribution in [0.2, 0.25) is 5.02 Å². The summed E-state index contributed by atoms with van der Waals surface area (Å²) in [6.45, 7) is 0. The van der Waals surface area contributed by atoms with Crippen LogP contribution in [-0.2, 0) is 11.2 Å². The van der Waals surface area contributed by atoms with Crippen LogP contribution in [0.4, 0.5) is 5.69 Å². The second kappa shape index (κ2) is 6.25. The molecule has 0 saturated heterocycles. The van der Waals surface area contributed by atoms with Gasteiger partial charge < -0.3 is 10.1 Å². The summed E-state index contributed by atoms with van der Waals surface area (Å²) in [7, 11) is 1.59. The van der Waals surface area contributed by atoms with E-state index in [1.54, 1.807) is 19.2 Å². The fraction of sp³-hybridized carbons (Fsp3) is 0.133. The molecule has 0 aliphatic rings. The molecular weight excluding hydrogens is 262 g/mol. The standard InChI is InChI=1S/C15H14ClNO2/c1-19-13-7-4-6-12(10-13)17-15(18)9-11-5-2-3-8-14(11)16/h2-8,10H,9H2,1H3,(H,17,18). The highest BCUT2D eigenvalue weighted by Crippen LogP contribution is 2.18. The van der Waals surface area contributed by atoms with Crippen LogP contribution in [0.5, 0.6) is 5.75 Å². The van der Waals surface area contributed by atoms with Crippen LogP contribution in [0.3, 0.4) is 0 Å². The molecule has 2 aromatic rings. The lowest BCUT2D eigenvalue weighted by atomic mass is 10.1. The van der Waals surface area contributed by atoms with Gasteiger partial charge in [0.15, 0.2) is 0 Å². The highest BCUT2D eigenvalue weighted by Gasteiger charge is 2.07. The van der Waals surface area contributed by atoms with Gasteiger partial charge in [0, 0.05) is 16.8 Å². The number of hydrogen-bond acceptors (Lipinski definition) is 2. The Balaban J connectivity index is 2.03. The maximum absolute atomic E-state index is 11.9. The Hall–Kier alpha value is -2.00. The number of amides is 1. The Morgan fingerprint density at radius 2 is 2.00 bits per heavy atom. The van der Waals surface area contributed by atoms with E-state index < -0.39 is 0 Å². The molecular formula is C15H14ClNO2. The second-order valence-electron chi connectivity index (χ2n) is 4.05. The van der Waals surface area contributed by atoms with Crippen molar-refractivity contribution in [1.82, 2.24) is 0 Å². The van der Waals surface area contributed by atoms with Crippen LogP contribution in [0.15, 0.2) is 48.5 Å². The van der Waals surface area contributed by atoms with Crippen LogP contribution < -0.4 is 10.1 Å². The molecule has 98 valence electrons. The van der Waals surface area contributed by atoms with E-state index in [2.05, 4.69) is 5.32 Å². The van der Waals surface area contributed by atoms with Crippen molar-refractivity contribution in [2.75, 3.05) is 12.4 Å². The van der Waals surface area contributed by atoms with Gasteiger partial charge in [-0.2, -0.15) is 0 Å². The maximum atomic E-state index is 11.9. The Kier molecular flexibility index (Phi) is 4.42. The van der Waals surface area contributed by atoms with Gasteiger partial charge in [0.25, 0.3) is 0 Å². The van der Waals surface area contributed by atoms with E-state index in [-0.39, 0.29) is 12.3 Å². The van der Waals surface area contributed by atoms with E-state index >= 15 is 0 Å². The zero-order valence-electron chi connectivity index (χ0n) is 10.5. The van der Waals surface area contributed by atoms with Gasteiger partial charge >= 0.3 is 0 Å². The average Bonchev–Trinajstić information content (AvgIpc) is 2.41. The van der Waals surface area contributed by atoms with Gasteiger partial charge in [-0.05, 0) is 23.8 Å². The molecule has 0 saturated carbocycles. The summed E-state index contributed by atoms with van der Waals surface area (Å²) in [6.07, 6.45) is 0.247. The zero-order valence-corrected chi connectivity index (χ0v) is 11.3. The summed E-state index contributed by atoms with van der Waals surface area (Å²) in [5.74, 6) is 0.594. The SMILES string of the molecule is COc1cccc(NC(=O)Cc2ccccc2Cl)c1. The first kappa shape index (κ1) is 13.4. The minimum Gasteiger partial charge on any atom is -0.497 e. The molecule has 2 aromatic carbocycles. The van der Waals surface area contributed by atoms with Crippen molar-refractivity contribution >= 4 is 23.2 Å². The van der Waals surface area contributed by atoms with Crippen molar-refractivity contribution in [3.8, 4) is 5.75 Å². The molecule has 0 unspecified atom stereocenters. The van der Waals surface area contributed by atoms with Gasteiger partial charge in [-0.3, -0.25) is 4.79 Å². The van der Waals surface area contributed by atoms with Crippen molar-refractivity contribution in [2.24, 2.45) is 0 Å². The summed E-state index contributed by atoms with van der Waals surface area (Å²) >= 11 is 6.02. The molecule has 0 aliphatic heterocycles. The normalized spacial score (nSPS) is 10.0. The molecule has 0 heterocycles. The van der Waals surface area contributed by atoms with Gasteiger partial charge in [0.05, 0.1) is 13.5 Å². The quantitative estimate of drug-likeness (QED) is 0.927. The molecule has 1 amide bonds. The Bertz CT molecular complexity index is 584. The maximum Gasteiger partial charge on any atom is 0.228 e.